The monoisotopic (exact) mass is 444 g/mol. The standard InChI is InChI=1S/C21H21ClN4O5/c1-12(26-19(29)21(25-20(26)30)8-2-3-9-21)17(27)23-14-7-6-13(22)11-15(14)24-18(28)16-5-4-10-31-16/h4-7,10-12H,2-3,8-9H2,1H3,(H,23,27)(H,24,28)(H,25,30). The van der Waals surface area contributed by atoms with Gasteiger partial charge >= 0.3 is 6.03 Å². The maximum absolute atomic E-state index is 12.9. The molecule has 2 heterocycles. The van der Waals surface area contributed by atoms with Crippen molar-refractivity contribution in [3.63, 3.8) is 0 Å². The topological polar surface area (TPSA) is 121 Å². The Morgan fingerprint density at radius 2 is 1.90 bits per heavy atom. The summed E-state index contributed by atoms with van der Waals surface area (Å²) in [5.74, 6) is -1.38. The molecule has 1 spiro atoms. The zero-order chi connectivity index (χ0) is 22.2. The molecular weight excluding hydrogens is 424 g/mol. The average molecular weight is 445 g/mol. The zero-order valence-electron chi connectivity index (χ0n) is 16.7. The molecule has 2 fully saturated rings. The zero-order valence-corrected chi connectivity index (χ0v) is 17.5. The first-order valence-corrected chi connectivity index (χ1v) is 10.3. The smallest absolute Gasteiger partial charge is 0.325 e. The van der Waals surface area contributed by atoms with Crippen molar-refractivity contribution in [2.24, 2.45) is 0 Å². The van der Waals surface area contributed by atoms with Crippen molar-refractivity contribution < 1.29 is 23.6 Å². The van der Waals surface area contributed by atoms with Gasteiger partial charge in [0.05, 0.1) is 17.6 Å². The van der Waals surface area contributed by atoms with Crippen molar-refractivity contribution in [1.29, 1.82) is 0 Å². The lowest BCUT2D eigenvalue weighted by atomic mass is 9.97. The predicted molar refractivity (Wildman–Crippen MR) is 113 cm³/mol. The lowest BCUT2D eigenvalue weighted by Gasteiger charge is -2.24. The number of urea groups is 1. The molecule has 9 nitrogen and oxygen atoms in total. The molecule has 1 unspecified atom stereocenters. The van der Waals surface area contributed by atoms with Crippen molar-refractivity contribution >= 4 is 46.7 Å². The van der Waals surface area contributed by atoms with Crippen LogP contribution in [0, 0.1) is 0 Å². The molecule has 4 rings (SSSR count). The Morgan fingerprint density at radius 1 is 1.16 bits per heavy atom. The van der Waals surface area contributed by atoms with Gasteiger partial charge in [0.1, 0.15) is 11.6 Å². The largest absolute Gasteiger partial charge is 0.459 e. The number of imide groups is 1. The lowest BCUT2D eigenvalue weighted by molar-refractivity contribution is -0.136. The molecule has 1 saturated carbocycles. The number of nitrogens with one attached hydrogen (secondary N) is 3. The molecular formula is C21H21ClN4O5. The van der Waals surface area contributed by atoms with Gasteiger partial charge in [0.2, 0.25) is 5.91 Å². The van der Waals surface area contributed by atoms with Crippen LogP contribution in [0.3, 0.4) is 0 Å². The normalized spacial score (nSPS) is 18.2. The maximum atomic E-state index is 12.9. The Labute approximate surface area is 183 Å². The fourth-order valence-corrected chi connectivity index (χ4v) is 4.16. The molecule has 162 valence electrons. The van der Waals surface area contributed by atoms with Crippen LogP contribution >= 0.6 is 11.6 Å². The van der Waals surface area contributed by atoms with Gasteiger partial charge in [-0.2, -0.15) is 0 Å². The SMILES string of the molecule is CC(C(=O)Nc1ccc(Cl)cc1NC(=O)c1ccco1)N1C(=O)NC2(CCCC2)C1=O. The second-order valence-electron chi connectivity index (χ2n) is 7.68. The molecule has 1 atom stereocenters. The summed E-state index contributed by atoms with van der Waals surface area (Å²) in [5.41, 5.74) is -0.378. The first-order valence-electron chi connectivity index (χ1n) is 9.92. The third kappa shape index (κ3) is 3.88. The highest BCUT2D eigenvalue weighted by atomic mass is 35.5. The number of benzene rings is 1. The van der Waals surface area contributed by atoms with Gasteiger partial charge in [-0.1, -0.05) is 24.4 Å². The highest BCUT2D eigenvalue weighted by Gasteiger charge is 2.54. The molecule has 1 aliphatic heterocycles. The summed E-state index contributed by atoms with van der Waals surface area (Å²) in [5, 5.41) is 8.41. The van der Waals surface area contributed by atoms with Gasteiger partial charge in [-0.15, -0.1) is 0 Å². The number of rotatable bonds is 5. The number of halogens is 1. The van der Waals surface area contributed by atoms with E-state index in [4.69, 9.17) is 16.0 Å². The van der Waals surface area contributed by atoms with Crippen molar-refractivity contribution in [1.82, 2.24) is 10.2 Å². The second kappa shape index (κ2) is 8.07. The van der Waals surface area contributed by atoms with E-state index in [1.54, 1.807) is 12.1 Å². The van der Waals surface area contributed by atoms with E-state index in [1.165, 1.54) is 31.4 Å². The third-order valence-corrected chi connectivity index (χ3v) is 5.88. The van der Waals surface area contributed by atoms with Crippen molar-refractivity contribution in [3.8, 4) is 0 Å². The fraction of sp³-hybridized carbons (Fsp3) is 0.333. The summed E-state index contributed by atoms with van der Waals surface area (Å²) in [6.45, 7) is 1.48. The van der Waals surface area contributed by atoms with Crippen LogP contribution < -0.4 is 16.0 Å². The number of amides is 5. The Morgan fingerprint density at radius 3 is 2.58 bits per heavy atom. The van der Waals surface area contributed by atoms with Gasteiger partial charge in [-0.05, 0) is 50.1 Å². The van der Waals surface area contributed by atoms with Crippen LogP contribution in [0.5, 0.6) is 0 Å². The molecule has 1 aromatic carbocycles. The van der Waals surface area contributed by atoms with Gasteiger partial charge in [0.25, 0.3) is 11.8 Å². The molecule has 5 amide bonds. The van der Waals surface area contributed by atoms with Gasteiger partial charge in [0, 0.05) is 5.02 Å². The average Bonchev–Trinajstić information content (AvgIpc) is 3.46. The lowest BCUT2D eigenvalue weighted by Crippen LogP contribution is -2.48. The molecule has 1 aliphatic carbocycles. The molecule has 2 aromatic rings. The Bertz CT molecular complexity index is 1050. The molecule has 0 radical (unpaired) electrons. The molecule has 0 bridgehead atoms. The number of furan rings is 1. The first-order chi connectivity index (χ1) is 14.8. The predicted octanol–water partition coefficient (Wildman–Crippen LogP) is 3.38. The summed E-state index contributed by atoms with van der Waals surface area (Å²) in [4.78, 5) is 51.6. The fourth-order valence-electron chi connectivity index (χ4n) is 3.99. The van der Waals surface area contributed by atoms with E-state index >= 15 is 0 Å². The molecule has 1 saturated heterocycles. The Kier molecular flexibility index (Phi) is 5.45. The van der Waals surface area contributed by atoms with Crippen LogP contribution in [-0.2, 0) is 9.59 Å². The Hall–Kier alpha value is -3.33. The van der Waals surface area contributed by atoms with Crippen LogP contribution in [0.2, 0.25) is 5.02 Å². The minimum absolute atomic E-state index is 0.0896. The van der Waals surface area contributed by atoms with Crippen molar-refractivity contribution in [2.45, 2.75) is 44.2 Å². The second-order valence-corrected chi connectivity index (χ2v) is 8.12. The minimum atomic E-state index is -1.04. The molecule has 3 N–H and O–H groups in total. The van der Waals surface area contributed by atoms with E-state index in [0.29, 0.717) is 17.9 Å². The summed E-state index contributed by atoms with van der Waals surface area (Å²) >= 11 is 6.04. The molecule has 1 aromatic heterocycles. The van der Waals surface area contributed by atoms with E-state index in [0.717, 1.165) is 17.7 Å². The molecule has 2 aliphatic rings. The summed E-state index contributed by atoms with van der Waals surface area (Å²) in [6.07, 6.45) is 4.21. The summed E-state index contributed by atoms with van der Waals surface area (Å²) in [6, 6.07) is 6.00. The van der Waals surface area contributed by atoms with Gasteiger partial charge < -0.3 is 20.4 Å². The molecule has 31 heavy (non-hydrogen) atoms. The van der Waals surface area contributed by atoms with Crippen LogP contribution in [-0.4, -0.2) is 40.2 Å². The van der Waals surface area contributed by atoms with Crippen LogP contribution in [0.25, 0.3) is 0 Å². The van der Waals surface area contributed by atoms with Crippen molar-refractivity contribution in [2.75, 3.05) is 10.6 Å². The quantitative estimate of drug-likeness (QED) is 0.610. The number of hydrogen-bond donors (Lipinski definition) is 3. The van der Waals surface area contributed by atoms with Gasteiger partial charge in [-0.3, -0.25) is 14.4 Å². The number of anilines is 2. The highest BCUT2D eigenvalue weighted by Crippen LogP contribution is 2.36. The minimum Gasteiger partial charge on any atom is -0.459 e. The summed E-state index contributed by atoms with van der Waals surface area (Å²) in [7, 11) is 0. The van der Waals surface area contributed by atoms with Crippen LogP contribution in [0.15, 0.2) is 41.0 Å². The number of hydrogen-bond acceptors (Lipinski definition) is 5. The van der Waals surface area contributed by atoms with Crippen LogP contribution in [0.1, 0.15) is 43.2 Å². The van der Waals surface area contributed by atoms with E-state index in [9.17, 15) is 19.2 Å². The van der Waals surface area contributed by atoms with Crippen molar-refractivity contribution in [3.05, 3.63) is 47.4 Å². The highest BCUT2D eigenvalue weighted by molar-refractivity contribution is 6.31. The first kappa shape index (κ1) is 20.9. The number of nitrogens with zero attached hydrogens (tertiary/aromatic N) is 1. The number of carbonyl (C=O) groups excluding carboxylic acids is 4. The van der Waals surface area contributed by atoms with E-state index in [-0.39, 0.29) is 23.0 Å². The maximum Gasteiger partial charge on any atom is 0.325 e. The third-order valence-electron chi connectivity index (χ3n) is 5.65. The van der Waals surface area contributed by atoms with Gasteiger partial charge in [-0.25, -0.2) is 9.69 Å². The van der Waals surface area contributed by atoms with E-state index in [1.807, 2.05) is 0 Å². The van der Waals surface area contributed by atoms with E-state index < -0.39 is 29.4 Å². The van der Waals surface area contributed by atoms with E-state index in [2.05, 4.69) is 16.0 Å². The van der Waals surface area contributed by atoms with Gasteiger partial charge in [0.15, 0.2) is 5.76 Å². The number of carbonyl (C=O) groups is 4. The van der Waals surface area contributed by atoms with Crippen LogP contribution in [0.4, 0.5) is 16.2 Å². The Balaban J connectivity index is 1.51. The summed E-state index contributed by atoms with van der Waals surface area (Å²) < 4.78 is 5.07. The molecule has 10 heteroatoms.